The van der Waals surface area contributed by atoms with Crippen molar-refractivity contribution in [3.05, 3.63) is 47.5 Å². The fourth-order valence-electron chi connectivity index (χ4n) is 2.04. The highest BCUT2D eigenvalue weighted by molar-refractivity contribution is 5.29. The number of hydrogen-bond acceptors (Lipinski definition) is 0. The molecule has 1 aliphatic rings. The molecule has 0 saturated carbocycles. The van der Waals surface area contributed by atoms with Gasteiger partial charge in [-0.25, -0.2) is 0 Å². The molecule has 0 N–H and O–H groups in total. The van der Waals surface area contributed by atoms with Gasteiger partial charge in [-0.05, 0) is 24.8 Å². The molecule has 1 aromatic rings. The third-order valence-corrected chi connectivity index (χ3v) is 2.93. The lowest BCUT2D eigenvalue weighted by molar-refractivity contribution is 0.812. The Bertz CT molecular complexity index is 295. The first-order valence-electron chi connectivity index (χ1n) is 5.12. The summed E-state index contributed by atoms with van der Waals surface area (Å²) < 4.78 is 0. The van der Waals surface area contributed by atoms with Crippen molar-refractivity contribution < 1.29 is 0 Å². The van der Waals surface area contributed by atoms with Gasteiger partial charge in [0.25, 0.3) is 0 Å². The number of allylic oxidation sites excluding steroid dienone is 2. The summed E-state index contributed by atoms with van der Waals surface area (Å²) in [7, 11) is 0. The Balaban J connectivity index is 2.17. The van der Waals surface area contributed by atoms with Crippen LogP contribution in [0.3, 0.4) is 0 Å². The molecule has 1 aromatic carbocycles. The first kappa shape index (κ1) is 8.55. The Morgan fingerprint density at radius 3 is 2.54 bits per heavy atom. The fraction of sp³-hybridized carbons (Fsp3) is 0.385. The lowest BCUT2D eigenvalue weighted by Gasteiger charge is -2.12. The van der Waals surface area contributed by atoms with Crippen molar-refractivity contribution in [3.8, 4) is 0 Å². The minimum Gasteiger partial charge on any atom is -0.0847 e. The number of rotatable bonds is 2. The van der Waals surface area contributed by atoms with Crippen LogP contribution in [0.2, 0.25) is 0 Å². The van der Waals surface area contributed by atoms with Gasteiger partial charge in [-0.15, -0.1) is 0 Å². The van der Waals surface area contributed by atoms with Gasteiger partial charge in [-0.3, -0.25) is 0 Å². The second-order valence-electron chi connectivity index (χ2n) is 3.80. The predicted octanol–water partition coefficient (Wildman–Crippen LogP) is 3.90. The number of benzene rings is 1. The van der Waals surface area contributed by atoms with E-state index in [2.05, 4.69) is 43.3 Å². The molecule has 1 atom stereocenters. The summed E-state index contributed by atoms with van der Waals surface area (Å²) in [5.74, 6) is 0.628. The van der Waals surface area contributed by atoms with Gasteiger partial charge in [0.2, 0.25) is 0 Å². The molecule has 68 valence electrons. The molecule has 0 bridgehead atoms. The lowest BCUT2D eigenvalue weighted by atomic mass is 9.93. The van der Waals surface area contributed by atoms with Crippen LogP contribution in [0.1, 0.15) is 37.7 Å². The molecule has 0 saturated heterocycles. The van der Waals surface area contributed by atoms with E-state index >= 15 is 0 Å². The van der Waals surface area contributed by atoms with Crippen molar-refractivity contribution in [2.75, 3.05) is 0 Å². The minimum absolute atomic E-state index is 0.628. The van der Waals surface area contributed by atoms with E-state index in [0.717, 1.165) is 0 Å². The summed E-state index contributed by atoms with van der Waals surface area (Å²) in [6, 6.07) is 10.8. The smallest absolute Gasteiger partial charge is 0.00198 e. The van der Waals surface area contributed by atoms with Gasteiger partial charge in [-0.1, -0.05) is 48.9 Å². The fourth-order valence-corrected chi connectivity index (χ4v) is 2.04. The van der Waals surface area contributed by atoms with Crippen molar-refractivity contribution in [2.45, 2.75) is 32.1 Å². The lowest BCUT2D eigenvalue weighted by Crippen LogP contribution is -1.95. The van der Waals surface area contributed by atoms with E-state index in [1.165, 1.54) is 24.8 Å². The largest absolute Gasteiger partial charge is 0.0847 e. The van der Waals surface area contributed by atoms with Crippen LogP contribution in [0, 0.1) is 0 Å². The van der Waals surface area contributed by atoms with Crippen LogP contribution >= 0.6 is 0 Å². The summed E-state index contributed by atoms with van der Waals surface area (Å²) in [4.78, 5) is 0. The molecule has 0 spiro atoms. The second kappa shape index (κ2) is 3.78. The van der Waals surface area contributed by atoms with Gasteiger partial charge in [0.15, 0.2) is 0 Å². The Kier molecular flexibility index (Phi) is 2.49. The van der Waals surface area contributed by atoms with Crippen LogP contribution in [0.25, 0.3) is 0 Å². The van der Waals surface area contributed by atoms with Gasteiger partial charge in [0.05, 0.1) is 0 Å². The van der Waals surface area contributed by atoms with Crippen molar-refractivity contribution in [1.82, 2.24) is 0 Å². The zero-order chi connectivity index (χ0) is 9.10. The van der Waals surface area contributed by atoms with Gasteiger partial charge in [0.1, 0.15) is 0 Å². The van der Waals surface area contributed by atoms with Gasteiger partial charge in [-0.2, -0.15) is 0 Å². The molecule has 1 aliphatic carbocycles. The van der Waals surface area contributed by atoms with Crippen molar-refractivity contribution in [1.29, 1.82) is 0 Å². The third-order valence-electron chi connectivity index (χ3n) is 2.93. The molecule has 0 nitrogen and oxygen atoms in total. The highest BCUT2D eigenvalue weighted by Gasteiger charge is 2.13. The summed E-state index contributed by atoms with van der Waals surface area (Å²) in [6.07, 6.45) is 6.35. The van der Waals surface area contributed by atoms with Crippen LogP contribution in [-0.2, 0) is 0 Å². The summed E-state index contributed by atoms with van der Waals surface area (Å²) in [5.41, 5.74) is 3.09. The zero-order valence-corrected chi connectivity index (χ0v) is 8.16. The molecule has 0 fully saturated rings. The van der Waals surface area contributed by atoms with E-state index in [1.54, 1.807) is 5.57 Å². The molecule has 2 rings (SSSR count). The molecular formula is C13H16. The molecule has 0 amide bonds. The van der Waals surface area contributed by atoms with Crippen molar-refractivity contribution in [2.24, 2.45) is 0 Å². The minimum atomic E-state index is 0.628. The average Bonchev–Trinajstić information content (AvgIpc) is 2.71. The predicted molar refractivity (Wildman–Crippen MR) is 56.8 cm³/mol. The maximum absolute atomic E-state index is 2.41. The van der Waals surface area contributed by atoms with Crippen LogP contribution in [0.5, 0.6) is 0 Å². The van der Waals surface area contributed by atoms with Gasteiger partial charge >= 0.3 is 0 Å². The normalized spacial score (nSPS) is 18.4. The van der Waals surface area contributed by atoms with Crippen LogP contribution in [0.4, 0.5) is 0 Å². The topological polar surface area (TPSA) is 0 Å². The van der Waals surface area contributed by atoms with E-state index in [4.69, 9.17) is 0 Å². The standard InChI is InChI=1S/C13H16/c1-11(13-9-5-6-10-13)12-7-3-2-4-8-12/h2-4,7-9,11H,5-6,10H2,1H3. The van der Waals surface area contributed by atoms with E-state index < -0.39 is 0 Å². The van der Waals surface area contributed by atoms with Gasteiger partial charge in [0, 0.05) is 5.92 Å². The third kappa shape index (κ3) is 1.82. The summed E-state index contributed by atoms with van der Waals surface area (Å²) in [6.45, 7) is 2.31. The molecule has 0 heteroatoms. The molecule has 0 aliphatic heterocycles. The SMILES string of the molecule is CC(C1=CCCC1)c1ccccc1. The monoisotopic (exact) mass is 172 g/mol. The molecule has 13 heavy (non-hydrogen) atoms. The van der Waals surface area contributed by atoms with E-state index in [9.17, 15) is 0 Å². The van der Waals surface area contributed by atoms with Crippen LogP contribution in [-0.4, -0.2) is 0 Å². The van der Waals surface area contributed by atoms with Gasteiger partial charge < -0.3 is 0 Å². The number of hydrogen-bond donors (Lipinski definition) is 0. The molecular weight excluding hydrogens is 156 g/mol. The summed E-state index contributed by atoms with van der Waals surface area (Å²) >= 11 is 0. The highest BCUT2D eigenvalue weighted by Crippen LogP contribution is 2.31. The molecule has 1 unspecified atom stereocenters. The van der Waals surface area contributed by atoms with Crippen LogP contribution in [0.15, 0.2) is 42.0 Å². The average molecular weight is 172 g/mol. The van der Waals surface area contributed by atoms with Crippen LogP contribution < -0.4 is 0 Å². The first-order chi connectivity index (χ1) is 6.38. The molecule has 0 aromatic heterocycles. The first-order valence-corrected chi connectivity index (χ1v) is 5.12. The quantitative estimate of drug-likeness (QED) is 0.593. The summed E-state index contributed by atoms with van der Waals surface area (Å²) in [5, 5.41) is 0. The maximum atomic E-state index is 2.41. The van der Waals surface area contributed by atoms with Crippen molar-refractivity contribution in [3.63, 3.8) is 0 Å². The molecule has 0 heterocycles. The highest BCUT2D eigenvalue weighted by atomic mass is 14.2. The van der Waals surface area contributed by atoms with E-state index in [0.29, 0.717) is 5.92 Å². The van der Waals surface area contributed by atoms with E-state index in [-0.39, 0.29) is 0 Å². The second-order valence-corrected chi connectivity index (χ2v) is 3.80. The molecule has 0 radical (unpaired) electrons. The Morgan fingerprint density at radius 2 is 1.92 bits per heavy atom. The van der Waals surface area contributed by atoms with Crippen molar-refractivity contribution >= 4 is 0 Å². The Hall–Kier alpha value is -1.04. The Labute approximate surface area is 80.3 Å². The maximum Gasteiger partial charge on any atom is 0.00198 e. The zero-order valence-electron chi connectivity index (χ0n) is 8.16. The van der Waals surface area contributed by atoms with E-state index in [1.807, 2.05) is 0 Å². The Morgan fingerprint density at radius 1 is 1.15 bits per heavy atom.